The molecule has 0 fully saturated rings. The first-order valence-corrected chi connectivity index (χ1v) is 4.31. The second kappa shape index (κ2) is 4.72. The zero-order valence-corrected chi connectivity index (χ0v) is 7.97. The molecule has 0 bridgehead atoms. The normalized spacial score (nSPS) is 9.38. The van der Waals surface area contributed by atoms with Crippen molar-refractivity contribution in [3.63, 3.8) is 0 Å². The Hall–Kier alpha value is -1.22. The lowest BCUT2D eigenvalue weighted by Crippen LogP contribution is -2.25. The Morgan fingerprint density at radius 3 is 3.00 bits per heavy atom. The standard InChI is InChI=1S/C9H10ClNO2/c1-2-9(12)11-13-8-5-3-4-7(10)6-8/h3-6H,2H2,1H3,(H,11,12). The van der Waals surface area contributed by atoms with E-state index < -0.39 is 0 Å². The number of rotatable bonds is 3. The summed E-state index contributed by atoms with van der Waals surface area (Å²) < 4.78 is 0. The minimum atomic E-state index is -0.167. The molecule has 1 amide bonds. The summed E-state index contributed by atoms with van der Waals surface area (Å²) in [7, 11) is 0. The minimum Gasteiger partial charge on any atom is -0.379 e. The third kappa shape index (κ3) is 3.34. The molecule has 0 aliphatic heterocycles. The van der Waals surface area contributed by atoms with Crippen molar-refractivity contribution in [3.8, 4) is 5.75 Å². The average Bonchev–Trinajstić information content (AvgIpc) is 2.14. The zero-order valence-electron chi connectivity index (χ0n) is 7.21. The van der Waals surface area contributed by atoms with Crippen molar-refractivity contribution in [1.29, 1.82) is 0 Å². The number of hydrogen-bond acceptors (Lipinski definition) is 2. The maximum absolute atomic E-state index is 10.8. The maximum atomic E-state index is 10.8. The molecule has 0 atom stereocenters. The highest BCUT2D eigenvalue weighted by Gasteiger charge is 1.98. The van der Waals surface area contributed by atoms with Gasteiger partial charge in [-0.1, -0.05) is 24.6 Å². The first-order valence-electron chi connectivity index (χ1n) is 3.93. The molecule has 1 N–H and O–H groups in total. The molecule has 0 radical (unpaired) electrons. The van der Waals surface area contributed by atoms with Gasteiger partial charge in [0.1, 0.15) is 0 Å². The first kappa shape index (κ1) is 9.86. The highest BCUT2D eigenvalue weighted by atomic mass is 35.5. The number of nitrogens with one attached hydrogen (secondary N) is 1. The van der Waals surface area contributed by atoms with Crippen LogP contribution in [0.15, 0.2) is 24.3 Å². The molecular weight excluding hydrogens is 190 g/mol. The third-order valence-electron chi connectivity index (χ3n) is 1.40. The van der Waals surface area contributed by atoms with E-state index in [1.165, 1.54) is 0 Å². The Kier molecular flexibility index (Phi) is 3.58. The molecule has 0 aliphatic carbocycles. The number of carbonyl (C=O) groups excluding carboxylic acids is 1. The van der Waals surface area contributed by atoms with E-state index in [2.05, 4.69) is 5.48 Å². The van der Waals surface area contributed by atoms with Gasteiger partial charge in [-0.2, -0.15) is 5.48 Å². The van der Waals surface area contributed by atoms with Crippen molar-refractivity contribution in [3.05, 3.63) is 29.3 Å². The summed E-state index contributed by atoms with van der Waals surface area (Å²) in [4.78, 5) is 15.8. The van der Waals surface area contributed by atoms with Crippen LogP contribution in [-0.4, -0.2) is 5.91 Å². The van der Waals surface area contributed by atoms with Gasteiger partial charge in [-0.25, -0.2) is 0 Å². The molecule has 1 aromatic carbocycles. The van der Waals surface area contributed by atoms with Gasteiger partial charge in [0, 0.05) is 17.5 Å². The monoisotopic (exact) mass is 199 g/mol. The van der Waals surface area contributed by atoms with Gasteiger partial charge in [-0.05, 0) is 12.1 Å². The zero-order chi connectivity index (χ0) is 9.68. The van der Waals surface area contributed by atoms with E-state index in [0.29, 0.717) is 17.2 Å². The molecule has 1 rings (SSSR count). The topological polar surface area (TPSA) is 38.3 Å². The molecule has 0 saturated heterocycles. The molecule has 0 aliphatic rings. The van der Waals surface area contributed by atoms with Crippen LogP contribution in [0.25, 0.3) is 0 Å². The molecule has 0 heterocycles. The van der Waals surface area contributed by atoms with Gasteiger partial charge < -0.3 is 4.84 Å². The largest absolute Gasteiger partial charge is 0.379 e. The predicted octanol–water partition coefficient (Wildman–Crippen LogP) is 2.16. The van der Waals surface area contributed by atoms with E-state index in [9.17, 15) is 4.79 Å². The number of benzene rings is 1. The van der Waals surface area contributed by atoms with Crippen molar-refractivity contribution in [2.45, 2.75) is 13.3 Å². The molecule has 0 spiro atoms. The minimum absolute atomic E-state index is 0.167. The van der Waals surface area contributed by atoms with Crippen LogP contribution < -0.4 is 10.3 Å². The van der Waals surface area contributed by atoms with Crippen LogP contribution in [0.3, 0.4) is 0 Å². The Bertz CT molecular complexity index is 301. The second-order valence-corrected chi connectivity index (χ2v) is 2.87. The van der Waals surface area contributed by atoms with Crippen molar-refractivity contribution in [2.24, 2.45) is 0 Å². The van der Waals surface area contributed by atoms with E-state index >= 15 is 0 Å². The quantitative estimate of drug-likeness (QED) is 0.758. The van der Waals surface area contributed by atoms with Crippen molar-refractivity contribution in [1.82, 2.24) is 5.48 Å². The van der Waals surface area contributed by atoms with E-state index in [0.717, 1.165) is 0 Å². The summed E-state index contributed by atoms with van der Waals surface area (Å²) in [5, 5.41) is 0.572. The average molecular weight is 200 g/mol. The molecule has 1 aromatic rings. The van der Waals surface area contributed by atoms with Gasteiger partial charge >= 0.3 is 0 Å². The van der Waals surface area contributed by atoms with Crippen molar-refractivity contribution >= 4 is 17.5 Å². The number of halogens is 1. The highest BCUT2D eigenvalue weighted by Crippen LogP contribution is 2.16. The highest BCUT2D eigenvalue weighted by molar-refractivity contribution is 6.30. The van der Waals surface area contributed by atoms with Gasteiger partial charge in [0.15, 0.2) is 5.75 Å². The lowest BCUT2D eigenvalue weighted by Gasteiger charge is -2.05. The number of carbonyl (C=O) groups is 1. The van der Waals surface area contributed by atoms with Crippen LogP contribution in [-0.2, 0) is 4.79 Å². The fraction of sp³-hybridized carbons (Fsp3) is 0.222. The fourth-order valence-electron chi connectivity index (χ4n) is 0.718. The summed E-state index contributed by atoms with van der Waals surface area (Å²) in [6.45, 7) is 1.75. The Morgan fingerprint density at radius 2 is 2.38 bits per heavy atom. The smallest absolute Gasteiger partial charge is 0.252 e. The van der Waals surface area contributed by atoms with Gasteiger partial charge in [-0.15, -0.1) is 0 Å². The van der Waals surface area contributed by atoms with E-state index in [-0.39, 0.29) is 5.91 Å². The third-order valence-corrected chi connectivity index (χ3v) is 1.64. The molecule has 13 heavy (non-hydrogen) atoms. The molecule has 0 saturated carbocycles. The van der Waals surface area contributed by atoms with Crippen LogP contribution in [0.2, 0.25) is 5.02 Å². The summed E-state index contributed by atoms with van der Waals surface area (Å²) >= 11 is 5.70. The molecule has 3 nitrogen and oxygen atoms in total. The SMILES string of the molecule is CCC(=O)NOc1cccc(Cl)c1. The molecule has 70 valence electrons. The van der Waals surface area contributed by atoms with E-state index in [1.807, 2.05) is 0 Å². The number of amides is 1. The van der Waals surface area contributed by atoms with E-state index in [1.54, 1.807) is 31.2 Å². The summed E-state index contributed by atoms with van der Waals surface area (Å²) in [5.74, 6) is 0.356. The molecule has 4 heteroatoms. The summed E-state index contributed by atoms with van der Waals surface area (Å²) in [6.07, 6.45) is 0.389. The first-order chi connectivity index (χ1) is 6.22. The van der Waals surface area contributed by atoms with Gasteiger partial charge in [0.25, 0.3) is 5.91 Å². The van der Waals surface area contributed by atoms with Gasteiger partial charge in [0.05, 0.1) is 0 Å². The van der Waals surface area contributed by atoms with Crippen LogP contribution in [0, 0.1) is 0 Å². The predicted molar refractivity (Wildman–Crippen MR) is 50.5 cm³/mol. The van der Waals surface area contributed by atoms with Crippen LogP contribution in [0.1, 0.15) is 13.3 Å². The maximum Gasteiger partial charge on any atom is 0.252 e. The Morgan fingerprint density at radius 1 is 1.62 bits per heavy atom. The number of hydrogen-bond donors (Lipinski definition) is 1. The Labute approximate surface area is 81.6 Å². The van der Waals surface area contributed by atoms with Crippen LogP contribution >= 0.6 is 11.6 Å². The molecule has 0 aromatic heterocycles. The van der Waals surface area contributed by atoms with Crippen LogP contribution in [0.4, 0.5) is 0 Å². The van der Waals surface area contributed by atoms with Crippen molar-refractivity contribution < 1.29 is 9.63 Å². The lowest BCUT2D eigenvalue weighted by atomic mass is 10.3. The van der Waals surface area contributed by atoms with Crippen LogP contribution in [0.5, 0.6) is 5.75 Å². The summed E-state index contributed by atoms with van der Waals surface area (Å²) in [5.41, 5.74) is 2.28. The fourth-order valence-corrected chi connectivity index (χ4v) is 0.899. The Balaban J connectivity index is 2.50. The van der Waals surface area contributed by atoms with Crippen molar-refractivity contribution in [2.75, 3.05) is 0 Å². The molecular formula is C9H10ClNO2. The summed E-state index contributed by atoms with van der Waals surface area (Å²) in [6, 6.07) is 6.81. The second-order valence-electron chi connectivity index (χ2n) is 2.44. The van der Waals surface area contributed by atoms with Gasteiger partial charge in [-0.3, -0.25) is 4.79 Å². The number of hydroxylamine groups is 1. The lowest BCUT2D eigenvalue weighted by molar-refractivity contribution is -0.127. The van der Waals surface area contributed by atoms with E-state index in [4.69, 9.17) is 16.4 Å². The molecule has 0 unspecified atom stereocenters. The van der Waals surface area contributed by atoms with Gasteiger partial charge in [0.2, 0.25) is 0 Å².